The lowest BCUT2D eigenvalue weighted by Crippen LogP contribution is -2.15. The first-order chi connectivity index (χ1) is 15.8. The van der Waals surface area contributed by atoms with Crippen molar-refractivity contribution in [2.24, 2.45) is 0 Å². The molecule has 156 valence electrons. The van der Waals surface area contributed by atoms with Crippen LogP contribution in [0.1, 0.15) is 64.7 Å². The van der Waals surface area contributed by atoms with Crippen LogP contribution in [0.15, 0.2) is 90.5 Å². The molecular weight excluding hydrogens is 392 g/mol. The average Bonchev–Trinajstić information content (AvgIpc) is 3.19. The van der Waals surface area contributed by atoms with Crippen molar-refractivity contribution in [1.29, 1.82) is 0 Å². The fourth-order valence-electron chi connectivity index (χ4n) is 5.49. The second-order valence-corrected chi connectivity index (χ2v) is 8.85. The fourth-order valence-corrected chi connectivity index (χ4v) is 5.49. The predicted molar refractivity (Wildman–Crippen MR) is 129 cm³/mol. The van der Waals surface area contributed by atoms with Crippen molar-refractivity contribution in [2.45, 2.75) is 38.0 Å². The molecule has 0 spiro atoms. The minimum atomic E-state index is -0.395. The maximum atomic E-state index is 13.5. The van der Waals surface area contributed by atoms with Gasteiger partial charge in [-0.05, 0) is 71.2 Å². The Morgan fingerprint density at radius 2 is 1.22 bits per heavy atom. The van der Waals surface area contributed by atoms with Crippen molar-refractivity contribution in [1.82, 2.24) is 0 Å². The summed E-state index contributed by atoms with van der Waals surface area (Å²) in [6.07, 6.45) is 10.3. The van der Waals surface area contributed by atoms with E-state index in [0.29, 0.717) is 5.78 Å². The standard InChI is InChI=1S/C30H25O2/c31-30(29-26-16-8-5-13-23(26)24-14-6-9-17-27(24)29)32-28-19-18-21(20-10-2-1-3-11-20)22-12-4-7-15-25(22)28/h4-9,12-19,29H,1-3,10-11H2/q+1. The number of fused-ring (bicyclic) bond motifs is 4. The molecule has 0 heterocycles. The highest BCUT2D eigenvalue weighted by atomic mass is 16.5. The van der Waals surface area contributed by atoms with Crippen LogP contribution in [0.4, 0.5) is 0 Å². The van der Waals surface area contributed by atoms with E-state index in [0.717, 1.165) is 27.8 Å². The van der Waals surface area contributed by atoms with Crippen molar-refractivity contribution in [3.63, 3.8) is 0 Å². The van der Waals surface area contributed by atoms with Crippen LogP contribution in [0.25, 0.3) is 16.7 Å². The smallest absolute Gasteiger partial charge is 0.270 e. The van der Waals surface area contributed by atoms with Crippen molar-refractivity contribution in [2.75, 3.05) is 0 Å². The monoisotopic (exact) mass is 417 g/mol. The highest BCUT2D eigenvalue weighted by Gasteiger charge is 2.41. The quantitative estimate of drug-likeness (QED) is 0.391. The first-order valence-corrected chi connectivity index (χ1v) is 11.6. The fraction of sp³-hybridized carbons (Fsp3) is 0.200. The molecule has 0 saturated heterocycles. The summed E-state index contributed by atoms with van der Waals surface area (Å²) in [5.41, 5.74) is 9.34. The molecule has 2 nitrogen and oxygen atoms in total. The molecule has 1 saturated carbocycles. The van der Waals surface area contributed by atoms with Gasteiger partial charge in [0.15, 0.2) is 5.92 Å². The molecule has 0 amide bonds. The molecule has 0 atom stereocenters. The predicted octanol–water partition coefficient (Wildman–Crippen LogP) is 7.03. The zero-order valence-electron chi connectivity index (χ0n) is 18.0. The summed E-state index contributed by atoms with van der Waals surface area (Å²) in [7, 11) is 0. The van der Waals surface area contributed by atoms with Crippen molar-refractivity contribution >= 4 is 17.3 Å². The molecule has 32 heavy (non-hydrogen) atoms. The van der Waals surface area contributed by atoms with E-state index in [1.165, 1.54) is 48.8 Å². The van der Waals surface area contributed by atoms with Gasteiger partial charge in [-0.2, -0.15) is 0 Å². The van der Waals surface area contributed by atoms with E-state index in [9.17, 15) is 4.79 Å². The Kier molecular flexibility index (Phi) is 4.72. The Hall–Kier alpha value is -3.52. The van der Waals surface area contributed by atoms with Gasteiger partial charge in [0.2, 0.25) is 0 Å². The van der Waals surface area contributed by atoms with E-state index in [1.54, 1.807) is 0 Å². The summed E-state index contributed by atoms with van der Waals surface area (Å²) in [6.45, 7) is 0. The lowest BCUT2D eigenvalue weighted by Gasteiger charge is -2.21. The van der Waals surface area contributed by atoms with Gasteiger partial charge >= 0.3 is 5.97 Å². The van der Waals surface area contributed by atoms with E-state index in [-0.39, 0.29) is 5.97 Å². The molecule has 3 aromatic carbocycles. The molecule has 0 N–H and O–H groups in total. The summed E-state index contributed by atoms with van der Waals surface area (Å²) in [6, 6.07) is 24.6. The van der Waals surface area contributed by atoms with Gasteiger partial charge in [-0.25, -0.2) is 0 Å². The van der Waals surface area contributed by atoms with Gasteiger partial charge < -0.3 is 0 Å². The molecule has 3 aliphatic carbocycles. The zero-order valence-corrected chi connectivity index (χ0v) is 18.0. The summed E-state index contributed by atoms with van der Waals surface area (Å²) in [5, 5.41) is 0. The van der Waals surface area contributed by atoms with Crippen LogP contribution in [0.3, 0.4) is 0 Å². The molecule has 0 aromatic heterocycles. The first-order valence-electron chi connectivity index (χ1n) is 11.6. The van der Waals surface area contributed by atoms with Gasteiger partial charge in [0, 0.05) is 10.9 Å². The van der Waals surface area contributed by atoms with Gasteiger partial charge in [-0.15, -0.1) is 0 Å². The molecule has 0 unspecified atom stereocenters. The Labute approximate surface area is 188 Å². The van der Waals surface area contributed by atoms with E-state index in [1.807, 2.05) is 48.5 Å². The second-order valence-electron chi connectivity index (χ2n) is 8.85. The first kappa shape index (κ1) is 19.2. The molecule has 3 aliphatic rings. The lowest BCUT2D eigenvalue weighted by atomic mass is 9.83. The molecule has 0 radical (unpaired) electrons. The van der Waals surface area contributed by atoms with E-state index in [2.05, 4.69) is 36.4 Å². The van der Waals surface area contributed by atoms with Crippen LogP contribution in [0.5, 0.6) is 0 Å². The van der Waals surface area contributed by atoms with Crippen LogP contribution in [0, 0.1) is 0 Å². The zero-order chi connectivity index (χ0) is 21.5. The number of benzene rings is 3. The summed E-state index contributed by atoms with van der Waals surface area (Å²) < 4.78 is 6.12. The number of allylic oxidation sites excluding steroid dienone is 4. The number of carbonyl (C=O) groups excluding carboxylic acids is 2. The SMILES string of the molecule is O=C([O+]=C1C=CC(=C2CCCCC2)c2ccccc21)C1c2ccccc2-c2ccccc21. The third-order valence-electron chi connectivity index (χ3n) is 7.00. The number of hydrogen-bond acceptors (Lipinski definition) is 1. The number of ketones is 1. The van der Waals surface area contributed by atoms with Crippen LogP contribution in [0.2, 0.25) is 0 Å². The van der Waals surface area contributed by atoms with Gasteiger partial charge in [0.05, 0.1) is 5.56 Å². The Balaban J connectivity index is 1.43. The summed E-state index contributed by atoms with van der Waals surface area (Å²) >= 11 is 0. The largest absolute Gasteiger partial charge is 0.592 e. The van der Waals surface area contributed by atoms with Gasteiger partial charge in [-0.3, -0.25) is 4.42 Å². The summed E-state index contributed by atoms with van der Waals surface area (Å²) in [5.74, 6) is 0.0341. The average molecular weight is 418 g/mol. The van der Waals surface area contributed by atoms with Crippen LogP contribution < -0.4 is 0 Å². The minimum Gasteiger partial charge on any atom is -0.270 e. The van der Waals surface area contributed by atoms with Crippen molar-refractivity contribution < 1.29 is 9.22 Å². The van der Waals surface area contributed by atoms with Crippen LogP contribution in [-0.2, 0) is 4.79 Å². The Bertz CT molecular complexity index is 1270. The second kappa shape index (κ2) is 7.87. The van der Waals surface area contributed by atoms with E-state index < -0.39 is 5.92 Å². The topological polar surface area (TPSA) is 28.4 Å². The maximum absolute atomic E-state index is 13.5. The van der Waals surface area contributed by atoms with Gasteiger partial charge in [0.25, 0.3) is 5.78 Å². The lowest BCUT2D eigenvalue weighted by molar-refractivity contribution is -0.245. The number of hydrogen-bond donors (Lipinski definition) is 0. The molecule has 0 bridgehead atoms. The summed E-state index contributed by atoms with van der Waals surface area (Å²) in [4.78, 5) is 13.5. The minimum absolute atomic E-state index is 0.217. The highest BCUT2D eigenvalue weighted by molar-refractivity contribution is 6.14. The molecule has 2 heteroatoms. The Morgan fingerprint density at radius 3 is 1.88 bits per heavy atom. The normalized spacial score (nSPS) is 18.4. The third kappa shape index (κ3) is 3.10. The maximum Gasteiger partial charge on any atom is 0.592 e. The Morgan fingerprint density at radius 1 is 0.656 bits per heavy atom. The molecular formula is C30H25O2+. The third-order valence-corrected chi connectivity index (χ3v) is 7.00. The van der Waals surface area contributed by atoms with Crippen LogP contribution >= 0.6 is 0 Å². The molecule has 0 aliphatic heterocycles. The highest BCUT2D eigenvalue weighted by Crippen LogP contribution is 2.45. The van der Waals surface area contributed by atoms with Crippen molar-refractivity contribution in [3.05, 3.63) is 113 Å². The number of carbonyl (C=O) groups is 1. The molecule has 1 fully saturated rings. The molecule has 3 aromatic rings. The van der Waals surface area contributed by atoms with Crippen molar-refractivity contribution in [3.8, 4) is 11.1 Å². The van der Waals surface area contributed by atoms with Crippen LogP contribution in [-0.4, -0.2) is 11.8 Å². The molecule has 6 rings (SSSR count). The van der Waals surface area contributed by atoms with E-state index >= 15 is 0 Å². The van der Waals surface area contributed by atoms with E-state index in [4.69, 9.17) is 4.42 Å². The van der Waals surface area contributed by atoms with Gasteiger partial charge in [0.1, 0.15) is 0 Å². The number of rotatable bonds is 1. The van der Waals surface area contributed by atoms with Gasteiger partial charge in [-0.1, -0.05) is 78.7 Å².